The molecule has 0 aromatic heterocycles. The number of amides is 1. The van der Waals surface area contributed by atoms with E-state index < -0.39 is 10.0 Å². The first-order valence-electron chi connectivity index (χ1n) is 8.75. The highest BCUT2D eigenvalue weighted by Crippen LogP contribution is 2.31. The average molecular weight is 404 g/mol. The molecule has 0 aliphatic carbocycles. The third-order valence-corrected chi connectivity index (χ3v) is 7.34. The lowest BCUT2D eigenvalue weighted by Gasteiger charge is -2.31. The fourth-order valence-electron chi connectivity index (χ4n) is 3.39. The summed E-state index contributed by atoms with van der Waals surface area (Å²) in [6.45, 7) is 9.21. The van der Waals surface area contributed by atoms with Crippen LogP contribution in [0.3, 0.4) is 0 Å². The van der Waals surface area contributed by atoms with Gasteiger partial charge in [0.15, 0.2) is 0 Å². The minimum Gasteiger partial charge on any atom is -0.355 e. The summed E-state index contributed by atoms with van der Waals surface area (Å²) in [5, 5.41) is 2.79. The molecular formula is C18H30ClN3O3S. The molecule has 8 heteroatoms. The molecule has 1 fully saturated rings. The zero-order valence-corrected chi connectivity index (χ0v) is 17.6. The Morgan fingerprint density at radius 2 is 1.65 bits per heavy atom. The normalized spacial score (nSPS) is 16.2. The van der Waals surface area contributed by atoms with E-state index in [1.54, 1.807) is 0 Å². The molecule has 1 saturated heterocycles. The number of nitrogens with one attached hydrogen (secondary N) is 1. The minimum absolute atomic E-state index is 0. The zero-order chi connectivity index (χ0) is 18.8. The van der Waals surface area contributed by atoms with E-state index in [1.807, 2.05) is 33.8 Å². The van der Waals surface area contributed by atoms with Crippen LogP contribution in [0.5, 0.6) is 0 Å². The molecule has 0 saturated carbocycles. The van der Waals surface area contributed by atoms with E-state index >= 15 is 0 Å². The van der Waals surface area contributed by atoms with Gasteiger partial charge in [-0.15, -0.1) is 12.4 Å². The number of benzene rings is 1. The van der Waals surface area contributed by atoms with Gasteiger partial charge in [0.2, 0.25) is 15.9 Å². The number of carbonyl (C=O) groups is 1. The Kier molecular flexibility index (Phi) is 8.07. The summed E-state index contributed by atoms with van der Waals surface area (Å²) < 4.78 is 27.9. The van der Waals surface area contributed by atoms with Crippen LogP contribution in [0.25, 0.3) is 0 Å². The lowest BCUT2D eigenvalue weighted by molar-refractivity contribution is -0.126. The van der Waals surface area contributed by atoms with Crippen LogP contribution in [0.4, 0.5) is 0 Å². The second kappa shape index (κ2) is 9.17. The van der Waals surface area contributed by atoms with E-state index in [1.165, 1.54) is 4.31 Å². The fraction of sp³-hybridized carbons (Fsp3) is 0.611. The Balaban J connectivity index is 0.00000338. The molecule has 1 aromatic rings. The third-order valence-electron chi connectivity index (χ3n) is 5.16. The van der Waals surface area contributed by atoms with Crippen molar-refractivity contribution in [1.82, 2.24) is 9.62 Å². The Morgan fingerprint density at radius 3 is 2.12 bits per heavy atom. The number of aryl methyl sites for hydroxylation is 2. The molecule has 148 valence electrons. The maximum atomic E-state index is 13.2. The van der Waals surface area contributed by atoms with Crippen molar-refractivity contribution < 1.29 is 13.2 Å². The number of nitrogens with zero attached hydrogens (tertiary/aromatic N) is 1. The number of halogens is 1. The first-order valence-corrected chi connectivity index (χ1v) is 10.2. The van der Waals surface area contributed by atoms with Gasteiger partial charge in [-0.25, -0.2) is 8.42 Å². The van der Waals surface area contributed by atoms with Crippen LogP contribution in [0.1, 0.15) is 35.1 Å². The largest absolute Gasteiger partial charge is 0.355 e. The molecule has 0 radical (unpaired) electrons. The van der Waals surface area contributed by atoms with E-state index in [-0.39, 0.29) is 24.2 Å². The Morgan fingerprint density at radius 1 is 1.15 bits per heavy atom. The van der Waals surface area contributed by atoms with Crippen molar-refractivity contribution in [2.45, 2.75) is 45.4 Å². The van der Waals surface area contributed by atoms with Crippen molar-refractivity contribution in [3.05, 3.63) is 28.3 Å². The highest BCUT2D eigenvalue weighted by molar-refractivity contribution is 7.89. The molecule has 0 spiro atoms. The van der Waals surface area contributed by atoms with Crippen molar-refractivity contribution >= 4 is 28.3 Å². The number of nitrogens with two attached hydrogens (primary N) is 1. The molecule has 2 rings (SSSR count). The maximum absolute atomic E-state index is 13.2. The number of carbonyl (C=O) groups excluding carboxylic acids is 1. The molecule has 0 bridgehead atoms. The summed E-state index contributed by atoms with van der Waals surface area (Å²) in [6, 6.07) is 2.03. The van der Waals surface area contributed by atoms with Crippen molar-refractivity contribution in [1.29, 1.82) is 0 Å². The third kappa shape index (κ3) is 4.57. The molecule has 1 aliphatic rings. The van der Waals surface area contributed by atoms with Gasteiger partial charge < -0.3 is 11.1 Å². The predicted molar refractivity (Wildman–Crippen MR) is 106 cm³/mol. The molecule has 0 unspecified atom stereocenters. The summed E-state index contributed by atoms with van der Waals surface area (Å²) in [5.41, 5.74) is 8.99. The molecule has 3 N–H and O–H groups in total. The molecule has 1 heterocycles. The van der Waals surface area contributed by atoms with Gasteiger partial charge in [0.05, 0.1) is 4.90 Å². The number of rotatable bonds is 5. The lowest BCUT2D eigenvalue weighted by atomic mass is 9.97. The van der Waals surface area contributed by atoms with Gasteiger partial charge in [-0.2, -0.15) is 4.31 Å². The van der Waals surface area contributed by atoms with E-state index in [9.17, 15) is 13.2 Å². The van der Waals surface area contributed by atoms with Gasteiger partial charge in [0.1, 0.15) is 0 Å². The van der Waals surface area contributed by atoms with Gasteiger partial charge >= 0.3 is 0 Å². The summed E-state index contributed by atoms with van der Waals surface area (Å²) in [4.78, 5) is 12.5. The van der Waals surface area contributed by atoms with Crippen LogP contribution in [0.2, 0.25) is 0 Å². The summed E-state index contributed by atoms with van der Waals surface area (Å²) >= 11 is 0. The average Bonchev–Trinajstić information content (AvgIpc) is 2.58. The Bertz CT molecular complexity index is 731. The molecular weight excluding hydrogens is 374 g/mol. The van der Waals surface area contributed by atoms with Crippen molar-refractivity contribution in [3.8, 4) is 0 Å². The summed E-state index contributed by atoms with van der Waals surface area (Å²) in [5.74, 6) is -0.166. The molecule has 6 nitrogen and oxygen atoms in total. The predicted octanol–water partition coefficient (Wildman–Crippen LogP) is 1.82. The second-order valence-electron chi connectivity index (χ2n) is 6.85. The van der Waals surface area contributed by atoms with Crippen molar-refractivity contribution in [2.24, 2.45) is 11.7 Å². The molecule has 0 atom stereocenters. The number of hydrogen-bond donors (Lipinski definition) is 2. The molecule has 1 aliphatic heterocycles. The van der Waals surface area contributed by atoms with Gasteiger partial charge in [-0.1, -0.05) is 6.07 Å². The first-order chi connectivity index (χ1) is 11.7. The van der Waals surface area contributed by atoms with E-state index in [0.717, 1.165) is 22.3 Å². The van der Waals surface area contributed by atoms with Gasteiger partial charge in [-0.3, -0.25) is 4.79 Å². The Hall–Kier alpha value is -1.15. The first kappa shape index (κ1) is 22.9. The summed E-state index contributed by atoms with van der Waals surface area (Å²) in [7, 11) is -3.55. The van der Waals surface area contributed by atoms with Crippen molar-refractivity contribution in [2.75, 3.05) is 26.2 Å². The van der Waals surface area contributed by atoms with Crippen LogP contribution >= 0.6 is 12.4 Å². The highest BCUT2D eigenvalue weighted by atomic mass is 35.5. The Labute approximate surface area is 163 Å². The topological polar surface area (TPSA) is 92.5 Å². The number of sulfonamides is 1. The molecule has 1 aromatic carbocycles. The number of hydrogen-bond acceptors (Lipinski definition) is 4. The van der Waals surface area contributed by atoms with E-state index in [2.05, 4.69) is 5.32 Å². The van der Waals surface area contributed by atoms with Gasteiger partial charge in [0.25, 0.3) is 0 Å². The summed E-state index contributed by atoms with van der Waals surface area (Å²) in [6.07, 6.45) is 1.08. The van der Waals surface area contributed by atoms with E-state index in [0.29, 0.717) is 43.9 Å². The number of piperidine rings is 1. The van der Waals surface area contributed by atoms with Crippen LogP contribution < -0.4 is 11.1 Å². The SMILES string of the molecule is Cc1cc(C)c(C)c(S(=O)(=O)N2CCC(C(=O)NCCN)CC2)c1C.Cl. The lowest BCUT2D eigenvalue weighted by Crippen LogP contribution is -2.44. The standard InChI is InChI=1S/C18H29N3O3S.ClH/c1-12-11-13(2)15(4)17(14(12)3)25(23,24)21-9-5-16(6-10-21)18(22)20-8-7-19;/h11,16H,5-10,19H2,1-4H3,(H,20,22);1H. The van der Waals surface area contributed by atoms with Crippen molar-refractivity contribution in [3.63, 3.8) is 0 Å². The van der Waals surface area contributed by atoms with Gasteiger partial charge in [0, 0.05) is 32.1 Å². The smallest absolute Gasteiger partial charge is 0.243 e. The fourth-order valence-corrected chi connectivity index (χ4v) is 5.44. The van der Waals surface area contributed by atoms with Crippen LogP contribution in [-0.2, 0) is 14.8 Å². The van der Waals surface area contributed by atoms with Gasteiger partial charge in [-0.05, 0) is 62.8 Å². The highest BCUT2D eigenvalue weighted by Gasteiger charge is 2.34. The van der Waals surface area contributed by atoms with Crippen LogP contribution in [-0.4, -0.2) is 44.8 Å². The van der Waals surface area contributed by atoms with Crippen LogP contribution in [0, 0.1) is 33.6 Å². The second-order valence-corrected chi connectivity index (χ2v) is 8.72. The molecule has 26 heavy (non-hydrogen) atoms. The molecule has 1 amide bonds. The maximum Gasteiger partial charge on any atom is 0.243 e. The van der Waals surface area contributed by atoms with Crippen LogP contribution in [0.15, 0.2) is 11.0 Å². The monoisotopic (exact) mass is 403 g/mol. The van der Waals surface area contributed by atoms with E-state index in [4.69, 9.17) is 5.73 Å². The zero-order valence-electron chi connectivity index (χ0n) is 16.0. The quantitative estimate of drug-likeness (QED) is 0.784. The minimum atomic E-state index is -3.55.